The van der Waals surface area contributed by atoms with Crippen molar-refractivity contribution >= 4 is 16.2 Å². The Bertz CT molecular complexity index is 180. The van der Waals surface area contributed by atoms with Gasteiger partial charge in [-0.25, -0.2) is 4.57 Å². The van der Waals surface area contributed by atoms with Crippen LogP contribution in [0.3, 0.4) is 0 Å². The van der Waals surface area contributed by atoms with E-state index >= 15 is 0 Å². The molecule has 74 valence electrons. The quantitative estimate of drug-likeness (QED) is 0.520. The largest absolute Gasteiger partial charge is 0.503 e. The second-order valence-corrected chi connectivity index (χ2v) is 9.54. The van der Waals surface area contributed by atoms with Crippen molar-refractivity contribution < 1.29 is 17.5 Å². The molecule has 0 saturated carbocycles. The summed E-state index contributed by atoms with van der Waals surface area (Å²) in [4.78, 5) is 0. The van der Waals surface area contributed by atoms with Crippen molar-refractivity contribution in [2.45, 2.75) is 33.0 Å². The van der Waals surface area contributed by atoms with E-state index in [0.717, 1.165) is 0 Å². The van der Waals surface area contributed by atoms with E-state index in [1.165, 1.54) is 0 Å². The summed E-state index contributed by atoms with van der Waals surface area (Å²) in [5.41, 5.74) is 0. The minimum absolute atomic E-state index is 0.137. The van der Waals surface area contributed by atoms with Gasteiger partial charge >= 0.3 is 7.91 Å². The van der Waals surface area contributed by atoms with Crippen LogP contribution in [0.25, 0.3) is 0 Å². The van der Waals surface area contributed by atoms with Crippen LogP contribution in [0.5, 0.6) is 0 Å². The molecule has 0 radical (unpaired) electrons. The molecule has 0 N–H and O–H groups in total. The van der Waals surface area contributed by atoms with Gasteiger partial charge in [0.2, 0.25) is 0 Å². The topological polar surface area (TPSA) is 35.5 Å². The van der Waals surface area contributed by atoms with Gasteiger partial charge in [-0.2, -0.15) is 0 Å². The second-order valence-electron chi connectivity index (χ2n) is 3.47. The van der Waals surface area contributed by atoms with Gasteiger partial charge in [0.25, 0.3) is 0 Å². The van der Waals surface area contributed by atoms with Crippen LogP contribution in [0.4, 0.5) is 4.20 Å². The zero-order valence-electron chi connectivity index (χ0n) is 7.96. The van der Waals surface area contributed by atoms with E-state index in [0.29, 0.717) is 6.42 Å². The SMILES string of the molecule is CCCOP(=O)(F)O[Si](C)(C)C. The van der Waals surface area contributed by atoms with Crippen LogP contribution in [0, 0.1) is 0 Å². The van der Waals surface area contributed by atoms with E-state index in [4.69, 9.17) is 4.21 Å². The lowest BCUT2D eigenvalue weighted by Gasteiger charge is -2.19. The first kappa shape index (κ1) is 12.3. The predicted octanol–water partition coefficient (Wildman–Crippen LogP) is 3.34. The number of halogens is 1. The van der Waals surface area contributed by atoms with Gasteiger partial charge in [-0.15, -0.1) is 4.20 Å². The van der Waals surface area contributed by atoms with E-state index < -0.39 is 16.2 Å². The smallest absolute Gasteiger partial charge is 0.327 e. The molecule has 0 bridgehead atoms. The molecule has 0 amide bonds. The van der Waals surface area contributed by atoms with Gasteiger partial charge in [-0.1, -0.05) is 6.92 Å². The Labute approximate surface area is 74.0 Å². The highest BCUT2D eigenvalue weighted by Gasteiger charge is 2.31. The number of rotatable bonds is 5. The lowest BCUT2D eigenvalue weighted by Crippen LogP contribution is -2.23. The van der Waals surface area contributed by atoms with Gasteiger partial charge in [0.15, 0.2) is 8.32 Å². The maximum Gasteiger partial charge on any atom is 0.503 e. The van der Waals surface area contributed by atoms with Crippen molar-refractivity contribution in [1.82, 2.24) is 0 Å². The summed E-state index contributed by atoms with van der Waals surface area (Å²) >= 11 is 0. The maximum atomic E-state index is 12.9. The molecule has 0 aromatic heterocycles. The second kappa shape index (κ2) is 4.51. The molecule has 0 aliphatic rings. The molecular weight excluding hydrogens is 198 g/mol. The Morgan fingerprint density at radius 1 is 1.42 bits per heavy atom. The van der Waals surface area contributed by atoms with E-state index in [9.17, 15) is 8.76 Å². The minimum atomic E-state index is -4.27. The molecule has 1 unspecified atom stereocenters. The highest BCUT2D eigenvalue weighted by atomic mass is 31.2. The first-order valence-electron chi connectivity index (χ1n) is 3.92. The summed E-state index contributed by atoms with van der Waals surface area (Å²) in [5.74, 6) is 0. The molecule has 3 nitrogen and oxygen atoms in total. The molecule has 0 aromatic carbocycles. The van der Waals surface area contributed by atoms with E-state index in [2.05, 4.69) is 4.52 Å². The minimum Gasteiger partial charge on any atom is -0.327 e. The Balaban J connectivity index is 3.96. The lowest BCUT2D eigenvalue weighted by atomic mass is 10.5. The molecule has 6 heteroatoms. The van der Waals surface area contributed by atoms with Gasteiger partial charge in [-0.05, 0) is 26.1 Å². The fraction of sp³-hybridized carbons (Fsp3) is 1.00. The molecule has 0 rings (SSSR count). The van der Waals surface area contributed by atoms with Gasteiger partial charge in [0.1, 0.15) is 0 Å². The molecule has 12 heavy (non-hydrogen) atoms. The number of hydrogen-bond donors (Lipinski definition) is 0. The molecule has 0 spiro atoms. The zero-order chi connectivity index (χ0) is 9.83. The first-order chi connectivity index (χ1) is 5.27. The predicted molar refractivity (Wildman–Crippen MR) is 49.4 cm³/mol. The van der Waals surface area contributed by atoms with Crippen LogP contribution in [0.15, 0.2) is 0 Å². The summed E-state index contributed by atoms with van der Waals surface area (Å²) in [6.07, 6.45) is 0.628. The third-order valence-electron chi connectivity index (χ3n) is 0.833. The van der Waals surface area contributed by atoms with Crippen LogP contribution in [0.1, 0.15) is 13.3 Å². The molecule has 0 saturated heterocycles. The molecule has 0 aliphatic carbocycles. The molecule has 0 aromatic rings. The normalized spacial score (nSPS) is 17.4. The molecule has 0 heterocycles. The molecule has 0 aliphatic heterocycles. The standard InChI is InChI=1S/C6H16FO3PSi/c1-5-6-9-11(7,8)10-12(2,3)4/h5-6H2,1-4H3. The van der Waals surface area contributed by atoms with Gasteiger partial charge < -0.3 is 4.21 Å². The third kappa shape index (κ3) is 6.97. The highest BCUT2D eigenvalue weighted by molar-refractivity contribution is 7.49. The van der Waals surface area contributed by atoms with Crippen molar-refractivity contribution in [3.8, 4) is 0 Å². The van der Waals surface area contributed by atoms with E-state index in [1.807, 2.05) is 6.92 Å². The number of hydrogen-bond acceptors (Lipinski definition) is 3. The van der Waals surface area contributed by atoms with Crippen molar-refractivity contribution in [1.29, 1.82) is 0 Å². The molecular formula is C6H16FO3PSi. The van der Waals surface area contributed by atoms with E-state index in [1.54, 1.807) is 19.6 Å². The van der Waals surface area contributed by atoms with Crippen molar-refractivity contribution in [2.75, 3.05) is 6.61 Å². The summed E-state index contributed by atoms with van der Waals surface area (Å²) < 4.78 is 33.0. The van der Waals surface area contributed by atoms with Gasteiger partial charge in [-0.3, -0.25) is 4.52 Å². The first-order valence-corrected chi connectivity index (χ1v) is 8.76. The van der Waals surface area contributed by atoms with Crippen molar-refractivity contribution in [3.05, 3.63) is 0 Å². The van der Waals surface area contributed by atoms with Crippen molar-refractivity contribution in [3.63, 3.8) is 0 Å². The summed E-state index contributed by atoms with van der Waals surface area (Å²) in [6, 6.07) is 0. The van der Waals surface area contributed by atoms with Crippen molar-refractivity contribution in [2.24, 2.45) is 0 Å². The summed E-state index contributed by atoms with van der Waals surface area (Å²) in [6.45, 7) is 7.23. The van der Waals surface area contributed by atoms with E-state index in [-0.39, 0.29) is 6.61 Å². The van der Waals surface area contributed by atoms with Crippen LogP contribution in [0.2, 0.25) is 19.6 Å². The van der Waals surface area contributed by atoms with Gasteiger partial charge in [0.05, 0.1) is 6.61 Å². The maximum absolute atomic E-state index is 12.9. The van der Waals surface area contributed by atoms with Crippen LogP contribution >= 0.6 is 7.91 Å². The monoisotopic (exact) mass is 214 g/mol. The van der Waals surface area contributed by atoms with Crippen LogP contribution < -0.4 is 0 Å². The van der Waals surface area contributed by atoms with Gasteiger partial charge in [0, 0.05) is 0 Å². The molecule has 0 fully saturated rings. The Morgan fingerprint density at radius 2 is 1.92 bits per heavy atom. The lowest BCUT2D eigenvalue weighted by molar-refractivity contribution is 0.231. The summed E-state index contributed by atoms with van der Waals surface area (Å²) in [5, 5.41) is 0. The Hall–Kier alpha value is 0.297. The average Bonchev–Trinajstić information content (AvgIpc) is 1.78. The Kier molecular flexibility index (Phi) is 4.62. The summed E-state index contributed by atoms with van der Waals surface area (Å²) in [7, 11) is -6.37. The van der Waals surface area contributed by atoms with Crippen LogP contribution in [-0.2, 0) is 13.3 Å². The average molecular weight is 214 g/mol. The Morgan fingerprint density at radius 3 is 2.25 bits per heavy atom. The fourth-order valence-corrected chi connectivity index (χ4v) is 3.78. The third-order valence-corrected chi connectivity index (χ3v) is 4.39. The fourth-order valence-electron chi connectivity index (χ4n) is 0.554. The molecule has 1 atom stereocenters. The van der Waals surface area contributed by atoms with Crippen LogP contribution in [-0.4, -0.2) is 14.9 Å². The highest BCUT2D eigenvalue weighted by Crippen LogP contribution is 2.52. The zero-order valence-corrected chi connectivity index (χ0v) is 9.86.